The monoisotopic (exact) mass is 465 g/mol. The SMILES string of the molecule is C[C@H](Cc1ccccc1)N1C(=O)[C@@H]2[C@@H](c3ccccc3)OC3(C(=O)c4ccccc4C3=O)[C@H]2C1=O. The van der Waals surface area contributed by atoms with Gasteiger partial charge in [0.25, 0.3) is 0 Å². The van der Waals surface area contributed by atoms with E-state index in [0.29, 0.717) is 12.0 Å². The molecule has 6 nitrogen and oxygen atoms in total. The molecule has 0 radical (unpaired) electrons. The van der Waals surface area contributed by atoms with Gasteiger partial charge in [-0.2, -0.15) is 0 Å². The summed E-state index contributed by atoms with van der Waals surface area (Å²) in [4.78, 5) is 56.5. The number of hydrogen-bond donors (Lipinski definition) is 0. The number of nitrogens with zero attached hydrogens (tertiary/aromatic N) is 1. The van der Waals surface area contributed by atoms with Gasteiger partial charge >= 0.3 is 0 Å². The number of carbonyl (C=O) groups is 4. The van der Waals surface area contributed by atoms with Gasteiger partial charge in [0.05, 0.1) is 17.9 Å². The topological polar surface area (TPSA) is 80.8 Å². The minimum absolute atomic E-state index is 0.237. The highest BCUT2D eigenvalue weighted by Crippen LogP contribution is 2.57. The van der Waals surface area contributed by atoms with E-state index in [1.165, 1.54) is 4.90 Å². The van der Waals surface area contributed by atoms with Gasteiger partial charge in [-0.1, -0.05) is 84.9 Å². The second-order valence-corrected chi connectivity index (χ2v) is 9.48. The van der Waals surface area contributed by atoms with Gasteiger partial charge < -0.3 is 4.74 Å². The Bertz CT molecular complexity index is 1330. The number of amides is 2. The summed E-state index contributed by atoms with van der Waals surface area (Å²) >= 11 is 0. The van der Waals surface area contributed by atoms with Crippen LogP contribution < -0.4 is 0 Å². The van der Waals surface area contributed by atoms with Gasteiger partial charge in [-0.3, -0.25) is 24.1 Å². The van der Waals surface area contributed by atoms with Crippen molar-refractivity contribution in [1.82, 2.24) is 4.90 Å². The molecule has 1 spiro atoms. The first-order valence-corrected chi connectivity index (χ1v) is 11.8. The summed E-state index contributed by atoms with van der Waals surface area (Å²) in [6, 6.07) is 24.7. The molecule has 0 saturated carbocycles. The molecule has 6 heteroatoms. The van der Waals surface area contributed by atoms with E-state index in [2.05, 4.69) is 0 Å². The van der Waals surface area contributed by atoms with E-state index >= 15 is 0 Å². The molecule has 0 aromatic heterocycles. The zero-order chi connectivity index (χ0) is 24.3. The summed E-state index contributed by atoms with van der Waals surface area (Å²) in [5.41, 5.74) is 0.100. The van der Waals surface area contributed by atoms with Gasteiger partial charge in [0.2, 0.25) is 29.0 Å². The Hall–Kier alpha value is -3.90. The van der Waals surface area contributed by atoms with Crippen LogP contribution in [0.15, 0.2) is 84.9 Å². The van der Waals surface area contributed by atoms with E-state index in [9.17, 15) is 19.2 Å². The fraction of sp³-hybridized carbons (Fsp3) is 0.241. The lowest BCUT2D eigenvalue weighted by atomic mass is 9.77. The van der Waals surface area contributed by atoms with Crippen molar-refractivity contribution < 1.29 is 23.9 Å². The van der Waals surface area contributed by atoms with Crippen LogP contribution in [0.3, 0.4) is 0 Å². The number of carbonyl (C=O) groups excluding carboxylic acids is 4. The van der Waals surface area contributed by atoms with Crippen molar-refractivity contribution in [2.24, 2.45) is 11.8 Å². The van der Waals surface area contributed by atoms with Crippen molar-refractivity contribution in [3.8, 4) is 0 Å². The Kier molecular flexibility index (Phi) is 4.83. The summed E-state index contributed by atoms with van der Waals surface area (Å²) in [7, 11) is 0. The van der Waals surface area contributed by atoms with E-state index < -0.39 is 53.0 Å². The maximum atomic E-state index is 13.9. The summed E-state index contributed by atoms with van der Waals surface area (Å²) in [6.45, 7) is 1.82. The van der Waals surface area contributed by atoms with Crippen LogP contribution in [0.25, 0.3) is 0 Å². The lowest BCUT2D eigenvalue weighted by molar-refractivity contribution is -0.147. The number of Topliss-reactive ketones (excluding diaryl/α,β-unsaturated/α-hetero) is 2. The van der Waals surface area contributed by atoms with Crippen LogP contribution >= 0.6 is 0 Å². The normalized spacial score (nSPS) is 25.3. The van der Waals surface area contributed by atoms with Crippen molar-refractivity contribution in [3.63, 3.8) is 0 Å². The van der Waals surface area contributed by atoms with Gasteiger partial charge in [0.15, 0.2) is 0 Å². The summed E-state index contributed by atoms with van der Waals surface area (Å²) in [5, 5.41) is 0. The number of fused-ring (bicyclic) bond motifs is 3. The highest BCUT2D eigenvalue weighted by Gasteiger charge is 2.74. The molecule has 2 heterocycles. The fourth-order valence-electron chi connectivity index (χ4n) is 5.96. The van der Waals surface area contributed by atoms with Crippen LogP contribution in [0.2, 0.25) is 0 Å². The molecule has 2 saturated heterocycles. The molecule has 6 rings (SSSR count). The van der Waals surface area contributed by atoms with Gasteiger partial charge in [0, 0.05) is 17.2 Å². The Morgan fingerprint density at radius 1 is 0.771 bits per heavy atom. The zero-order valence-corrected chi connectivity index (χ0v) is 19.1. The van der Waals surface area contributed by atoms with Crippen molar-refractivity contribution in [2.75, 3.05) is 0 Å². The average molecular weight is 466 g/mol. The van der Waals surface area contributed by atoms with Crippen LogP contribution in [-0.4, -0.2) is 39.9 Å². The standard InChI is InChI=1S/C29H23NO5/c1-17(16-18-10-4-2-5-11-18)30-27(33)22-23(28(30)34)29(35-24(22)19-12-6-3-7-13-19)25(31)20-14-8-9-15-21(20)26(29)32/h2-15,17,22-24H,16H2,1H3/t17-,22+,23-,24-/m1/s1. The maximum Gasteiger partial charge on any atom is 0.237 e. The third-order valence-electron chi connectivity index (χ3n) is 7.50. The molecule has 0 N–H and O–H groups in total. The smallest absolute Gasteiger partial charge is 0.237 e. The largest absolute Gasteiger partial charge is 0.349 e. The van der Waals surface area contributed by atoms with Crippen molar-refractivity contribution in [3.05, 3.63) is 107 Å². The molecule has 2 amide bonds. The number of benzene rings is 3. The molecule has 0 bridgehead atoms. The van der Waals surface area contributed by atoms with Crippen molar-refractivity contribution >= 4 is 23.4 Å². The Labute approximate surface area is 202 Å². The highest BCUT2D eigenvalue weighted by molar-refractivity contribution is 6.35. The number of ketones is 2. The first kappa shape index (κ1) is 21.6. The van der Waals surface area contributed by atoms with E-state index in [4.69, 9.17) is 4.74 Å². The van der Waals surface area contributed by atoms with Crippen LogP contribution in [0, 0.1) is 11.8 Å². The average Bonchev–Trinajstić information content (AvgIpc) is 3.45. The first-order valence-electron chi connectivity index (χ1n) is 11.8. The summed E-state index contributed by atoms with van der Waals surface area (Å²) < 4.78 is 6.29. The van der Waals surface area contributed by atoms with Gasteiger partial charge in [-0.25, -0.2) is 0 Å². The number of ether oxygens (including phenoxy) is 1. The van der Waals surface area contributed by atoms with E-state index in [-0.39, 0.29) is 11.1 Å². The quantitative estimate of drug-likeness (QED) is 0.432. The molecule has 35 heavy (non-hydrogen) atoms. The molecule has 3 aliphatic rings. The molecular weight excluding hydrogens is 442 g/mol. The van der Waals surface area contributed by atoms with Gasteiger partial charge in [-0.15, -0.1) is 0 Å². The van der Waals surface area contributed by atoms with Crippen LogP contribution in [0.5, 0.6) is 0 Å². The molecule has 0 unspecified atom stereocenters. The lowest BCUT2D eigenvalue weighted by Gasteiger charge is -2.29. The molecule has 2 fully saturated rings. The first-order chi connectivity index (χ1) is 16.9. The molecule has 4 atom stereocenters. The van der Waals surface area contributed by atoms with Crippen LogP contribution in [0.4, 0.5) is 0 Å². The lowest BCUT2D eigenvalue weighted by Crippen LogP contribution is -2.52. The van der Waals surface area contributed by atoms with Crippen LogP contribution in [0.1, 0.15) is 44.9 Å². The molecule has 1 aliphatic carbocycles. The molecular formula is C29H23NO5. The van der Waals surface area contributed by atoms with Crippen molar-refractivity contribution in [2.45, 2.75) is 31.1 Å². The minimum Gasteiger partial charge on any atom is -0.349 e. The predicted octanol–water partition coefficient (Wildman–Crippen LogP) is 3.81. The van der Waals surface area contributed by atoms with Gasteiger partial charge in [0.1, 0.15) is 0 Å². The number of hydrogen-bond acceptors (Lipinski definition) is 5. The molecule has 3 aromatic carbocycles. The Morgan fingerprint density at radius 3 is 1.91 bits per heavy atom. The fourth-order valence-corrected chi connectivity index (χ4v) is 5.96. The third kappa shape index (κ3) is 2.93. The highest BCUT2D eigenvalue weighted by atomic mass is 16.5. The second kappa shape index (κ2) is 7.82. The maximum absolute atomic E-state index is 13.9. The molecule has 2 aliphatic heterocycles. The number of imide groups is 1. The number of rotatable bonds is 4. The Morgan fingerprint density at radius 2 is 1.31 bits per heavy atom. The van der Waals surface area contributed by atoms with E-state index in [1.807, 2.05) is 55.5 Å². The van der Waals surface area contributed by atoms with E-state index in [1.54, 1.807) is 36.4 Å². The van der Waals surface area contributed by atoms with Gasteiger partial charge in [-0.05, 0) is 24.5 Å². The van der Waals surface area contributed by atoms with Crippen LogP contribution in [-0.2, 0) is 20.7 Å². The Balaban J connectivity index is 1.46. The summed E-state index contributed by atoms with van der Waals surface area (Å²) in [5.74, 6) is -4.14. The zero-order valence-electron chi connectivity index (χ0n) is 19.1. The second-order valence-electron chi connectivity index (χ2n) is 9.48. The molecule has 3 aromatic rings. The predicted molar refractivity (Wildman–Crippen MR) is 127 cm³/mol. The third-order valence-corrected chi connectivity index (χ3v) is 7.50. The minimum atomic E-state index is -2.02. The van der Waals surface area contributed by atoms with E-state index in [0.717, 1.165) is 5.56 Å². The number of likely N-dealkylation sites (tertiary alicyclic amines) is 1. The van der Waals surface area contributed by atoms with Crippen molar-refractivity contribution in [1.29, 1.82) is 0 Å². The molecule has 174 valence electrons. The summed E-state index contributed by atoms with van der Waals surface area (Å²) in [6.07, 6.45) is -0.405.